The fourth-order valence-electron chi connectivity index (χ4n) is 1.60. The van der Waals surface area contributed by atoms with Crippen LogP contribution in [0.4, 0.5) is 0 Å². The van der Waals surface area contributed by atoms with Crippen molar-refractivity contribution in [2.24, 2.45) is 0 Å². The van der Waals surface area contributed by atoms with Gasteiger partial charge in [-0.3, -0.25) is 10.6 Å². The highest BCUT2D eigenvalue weighted by atomic mass is 15.3. The predicted molar refractivity (Wildman–Crippen MR) is 32.6 cm³/mol. The van der Waals surface area contributed by atoms with Gasteiger partial charge in [0.2, 0.25) is 0 Å². The molecule has 0 aliphatic carbocycles. The monoisotopic (exact) mass is 112 g/mol. The third-order valence-electron chi connectivity index (χ3n) is 2.26. The second kappa shape index (κ2) is 1.45. The van der Waals surface area contributed by atoms with E-state index in [9.17, 15) is 0 Å². The van der Waals surface area contributed by atoms with E-state index in [4.69, 9.17) is 0 Å². The zero-order valence-electron chi connectivity index (χ0n) is 5.04. The van der Waals surface area contributed by atoms with Crippen molar-refractivity contribution >= 4 is 0 Å². The van der Waals surface area contributed by atoms with E-state index in [2.05, 4.69) is 10.6 Å². The lowest BCUT2D eigenvalue weighted by Gasteiger charge is -2.40. The molecule has 0 radical (unpaired) electrons. The molecule has 1 unspecified atom stereocenters. The van der Waals surface area contributed by atoms with Crippen molar-refractivity contribution in [1.82, 2.24) is 10.6 Å². The van der Waals surface area contributed by atoms with Crippen molar-refractivity contribution in [2.45, 2.75) is 24.9 Å². The van der Waals surface area contributed by atoms with E-state index >= 15 is 0 Å². The Kier molecular flexibility index (Phi) is 0.866. The maximum atomic E-state index is 3.46. The topological polar surface area (TPSA) is 24.1 Å². The summed E-state index contributed by atoms with van der Waals surface area (Å²) in [5, 5.41) is 6.87. The molecule has 0 bridgehead atoms. The van der Waals surface area contributed by atoms with Crippen LogP contribution in [-0.2, 0) is 0 Å². The van der Waals surface area contributed by atoms with E-state index in [0.29, 0.717) is 5.66 Å². The van der Waals surface area contributed by atoms with Crippen LogP contribution >= 0.6 is 0 Å². The van der Waals surface area contributed by atoms with Gasteiger partial charge in [-0.15, -0.1) is 0 Å². The minimum absolute atomic E-state index is 0.417. The van der Waals surface area contributed by atoms with Gasteiger partial charge < -0.3 is 0 Å². The summed E-state index contributed by atoms with van der Waals surface area (Å²) >= 11 is 0. The molecule has 0 aromatic rings. The van der Waals surface area contributed by atoms with Crippen molar-refractivity contribution in [1.29, 1.82) is 0 Å². The average Bonchev–Trinajstić information content (AvgIpc) is 2.07. The van der Waals surface area contributed by atoms with Crippen LogP contribution in [0, 0.1) is 0 Å². The predicted octanol–water partition coefficient (Wildman–Crippen LogP) is 0.0594. The molecule has 1 spiro atoms. The Hall–Kier alpha value is -0.0800. The average molecular weight is 112 g/mol. The first-order chi connectivity index (χ1) is 3.91. The summed E-state index contributed by atoms with van der Waals surface area (Å²) in [4.78, 5) is 0. The molecule has 2 saturated heterocycles. The highest BCUT2D eigenvalue weighted by Gasteiger charge is 2.38. The van der Waals surface area contributed by atoms with Gasteiger partial charge in [0.05, 0.1) is 5.66 Å². The van der Waals surface area contributed by atoms with Crippen LogP contribution in [0.2, 0.25) is 0 Å². The summed E-state index contributed by atoms with van der Waals surface area (Å²) in [5.41, 5.74) is 0.417. The molecule has 2 fully saturated rings. The van der Waals surface area contributed by atoms with Gasteiger partial charge in [-0.1, -0.05) is 0 Å². The smallest absolute Gasteiger partial charge is 0.0699 e. The highest BCUT2D eigenvalue weighted by molar-refractivity contribution is 4.97. The van der Waals surface area contributed by atoms with Crippen LogP contribution < -0.4 is 10.6 Å². The zero-order valence-corrected chi connectivity index (χ0v) is 5.04. The standard InChI is InChI=1S/C6H12N2/c1-2-6(7-4-1)3-5-8-6/h7-8H,1-5H2. The molecule has 2 heteroatoms. The second-order valence-corrected chi connectivity index (χ2v) is 2.79. The van der Waals surface area contributed by atoms with Crippen LogP contribution in [0.15, 0.2) is 0 Å². The van der Waals surface area contributed by atoms with Gasteiger partial charge >= 0.3 is 0 Å². The largest absolute Gasteiger partial charge is 0.299 e. The maximum absolute atomic E-state index is 3.46. The Balaban J connectivity index is 2.01. The van der Waals surface area contributed by atoms with Crippen LogP contribution in [0.25, 0.3) is 0 Å². The number of hydrogen-bond acceptors (Lipinski definition) is 2. The lowest BCUT2D eigenvalue weighted by molar-refractivity contribution is 0.185. The number of nitrogens with one attached hydrogen (secondary N) is 2. The Morgan fingerprint density at radius 1 is 1.00 bits per heavy atom. The van der Waals surface area contributed by atoms with Gasteiger partial charge in [-0.05, 0) is 32.4 Å². The van der Waals surface area contributed by atoms with E-state index in [0.717, 1.165) is 0 Å². The lowest BCUT2D eigenvalue weighted by atomic mass is 9.97. The van der Waals surface area contributed by atoms with E-state index in [1.165, 1.54) is 32.4 Å². The third-order valence-corrected chi connectivity index (χ3v) is 2.26. The van der Waals surface area contributed by atoms with E-state index < -0.39 is 0 Å². The number of rotatable bonds is 0. The van der Waals surface area contributed by atoms with Crippen LogP contribution in [0.3, 0.4) is 0 Å². The molecule has 2 heterocycles. The van der Waals surface area contributed by atoms with Crippen LogP contribution in [0.5, 0.6) is 0 Å². The minimum atomic E-state index is 0.417. The first-order valence-electron chi connectivity index (χ1n) is 3.41. The first-order valence-corrected chi connectivity index (χ1v) is 3.41. The van der Waals surface area contributed by atoms with Gasteiger partial charge in [0.1, 0.15) is 0 Å². The molecule has 46 valence electrons. The molecule has 0 aromatic carbocycles. The van der Waals surface area contributed by atoms with Gasteiger partial charge in [0.25, 0.3) is 0 Å². The molecule has 2 aliphatic heterocycles. The summed E-state index contributed by atoms with van der Waals surface area (Å²) in [6, 6.07) is 0. The van der Waals surface area contributed by atoms with Crippen LogP contribution in [-0.4, -0.2) is 18.8 Å². The van der Waals surface area contributed by atoms with Crippen molar-refractivity contribution < 1.29 is 0 Å². The summed E-state index contributed by atoms with van der Waals surface area (Å²) in [6.07, 6.45) is 4.03. The summed E-state index contributed by atoms with van der Waals surface area (Å²) in [6.45, 7) is 2.43. The fraction of sp³-hybridized carbons (Fsp3) is 1.00. The van der Waals surface area contributed by atoms with Gasteiger partial charge in [-0.25, -0.2) is 0 Å². The zero-order chi connectivity index (χ0) is 5.45. The normalized spacial score (nSPS) is 45.0. The molecule has 2 N–H and O–H groups in total. The molecular formula is C6H12N2. The fourth-order valence-corrected chi connectivity index (χ4v) is 1.60. The van der Waals surface area contributed by atoms with Gasteiger partial charge in [0.15, 0.2) is 0 Å². The summed E-state index contributed by atoms with van der Waals surface area (Å²) < 4.78 is 0. The molecule has 0 aromatic heterocycles. The Bertz CT molecular complexity index is 88.7. The SMILES string of the molecule is C1CNC2(C1)CCN2. The van der Waals surface area contributed by atoms with Crippen molar-refractivity contribution in [2.75, 3.05) is 13.1 Å². The minimum Gasteiger partial charge on any atom is -0.299 e. The summed E-state index contributed by atoms with van der Waals surface area (Å²) in [5.74, 6) is 0. The quantitative estimate of drug-likeness (QED) is 0.463. The molecule has 2 rings (SSSR count). The number of hydrogen-bond donors (Lipinski definition) is 2. The molecule has 8 heavy (non-hydrogen) atoms. The van der Waals surface area contributed by atoms with Crippen molar-refractivity contribution in [3.05, 3.63) is 0 Å². The molecule has 2 nitrogen and oxygen atoms in total. The van der Waals surface area contributed by atoms with Gasteiger partial charge in [0, 0.05) is 0 Å². The van der Waals surface area contributed by atoms with Crippen LogP contribution in [0.1, 0.15) is 19.3 Å². The third kappa shape index (κ3) is 0.501. The maximum Gasteiger partial charge on any atom is 0.0699 e. The highest BCUT2D eigenvalue weighted by Crippen LogP contribution is 2.25. The van der Waals surface area contributed by atoms with E-state index in [1.807, 2.05) is 0 Å². The second-order valence-electron chi connectivity index (χ2n) is 2.79. The van der Waals surface area contributed by atoms with Gasteiger partial charge in [-0.2, -0.15) is 0 Å². The van der Waals surface area contributed by atoms with E-state index in [1.54, 1.807) is 0 Å². The molecule has 1 atom stereocenters. The summed E-state index contributed by atoms with van der Waals surface area (Å²) in [7, 11) is 0. The molecule has 0 amide bonds. The Morgan fingerprint density at radius 2 is 1.88 bits per heavy atom. The van der Waals surface area contributed by atoms with Crippen molar-refractivity contribution in [3.8, 4) is 0 Å². The Morgan fingerprint density at radius 3 is 2.12 bits per heavy atom. The molecular weight excluding hydrogens is 100 g/mol. The van der Waals surface area contributed by atoms with E-state index in [-0.39, 0.29) is 0 Å². The lowest BCUT2D eigenvalue weighted by Crippen LogP contribution is -2.62. The van der Waals surface area contributed by atoms with Crippen molar-refractivity contribution in [3.63, 3.8) is 0 Å². The first kappa shape index (κ1) is 4.77. The Labute approximate surface area is 49.7 Å². The molecule has 0 saturated carbocycles. The molecule has 2 aliphatic rings.